The molecule has 1 N–H and O–H groups in total. The highest BCUT2D eigenvalue weighted by atomic mass is 32.2. The first kappa shape index (κ1) is 18.7. The van der Waals surface area contributed by atoms with Crippen molar-refractivity contribution < 1.29 is 13.2 Å². The molecule has 1 aliphatic heterocycles. The topological polar surface area (TPSA) is 71.0 Å². The molecule has 0 spiro atoms. The number of ether oxygens (including phenoxy) is 1. The number of hydrogen-bond acceptors (Lipinski definition) is 4. The molecule has 0 aliphatic carbocycles. The van der Waals surface area contributed by atoms with E-state index in [2.05, 4.69) is 17.1 Å². The molecule has 0 radical (unpaired) electrons. The zero-order valence-corrected chi connectivity index (χ0v) is 15.5. The Hall–Kier alpha value is -1.60. The summed E-state index contributed by atoms with van der Waals surface area (Å²) >= 11 is 0. The molecule has 7 heteroatoms. The quantitative estimate of drug-likeness (QED) is 0.620. The van der Waals surface area contributed by atoms with Crippen LogP contribution >= 0.6 is 0 Å². The largest absolute Gasteiger partial charge is 0.384 e. The number of benzene rings is 1. The molecule has 1 atom stereocenters. The van der Waals surface area contributed by atoms with Crippen molar-refractivity contribution in [2.75, 3.05) is 39.6 Å². The second-order valence-corrected chi connectivity index (χ2v) is 8.16. The van der Waals surface area contributed by atoms with Crippen molar-refractivity contribution >= 4 is 15.8 Å². The highest BCUT2D eigenvalue weighted by Crippen LogP contribution is 2.17. The SMILES string of the molecule is CCNC(=NCc1ccc(S(C)(=O)=O)cc1)N1CCC(COC)C1. The van der Waals surface area contributed by atoms with Gasteiger partial charge in [-0.2, -0.15) is 0 Å². The number of nitrogens with one attached hydrogen (secondary N) is 1. The monoisotopic (exact) mass is 353 g/mol. The molecule has 1 aromatic rings. The summed E-state index contributed by atoms with van der Waals surface area (Å²) in [7, 11) is -1.41. The lowest BCUT2D eigenvalue weighted by Gasteiger charge is -2.21. The molecule has 1 fully saturated rings. The molecule has 134 valence electrons. The zero-order valence-electron chi connectivity index (χ0n) is 14.7. The van der Waals surface area contributed by atoms with Crippen LogP contribution in [0.25, 0.3) is 0 Å². The van der Waals surface area contributed by atoms with Crippen molar-refractivity contribution in [2.24, 2.45) is 10.9 Å². The Kier molecular flexibility index (Phi) is 6.62. The van der Waals surface area contributed by atoms with Crippen molar-refractivity contribution in [3.8, 4) is 0 Å². The highest BCUT2D eigenvalue weighted by molar-refractivity contribution is 7.90. The van der Waals surface area contributed by atoms with Gasteiger partial charge in [-0.25, -0.2) is 13.4 Å². The number of sulfone groups is 1. The Bertz CT molecular complexity index is 656. The Labute approximate surface area is 144 Å². The summed E-state index contributed by atoms with van der Waals surface area (Å²) in [6.45, 7) is 6.11. The standard InChI is InChI=1S/C17H27N3O3S/c1-4-18-17(20-10-9-15(12-20)13-23-2)19-11-14-5-7-16(8-6-14)24(3,21)22/h5-8,15H,4,9-13H2,1-3H3,(H,18,19). The molecule has 1 aliphatic rings. The minimum atomic E-state index is -3.15. The third kappa shape index (κ3) is 5.21. The predicted molar refractivity (Wildman–Crippen MR) is 95.9 cm³/mol. The minimum absolute atomic E-state index is 0.337. The van der Waals surface area contributed by atoms with E-state index in [0.29, 0.717) is 17.4 Å². The van der Waals surface area contributed by atoms with Crippen molar-refractivity contribution in [3.05, 3.63) is 29.8 Å². The van der Waals surface area contributed by atoms with Gasteiger partial charge < -0.3 is 15.0 Å². The van der Waals surface area contributed by atoms with Crippen LogP contribution < -0.4 is 5.32 Å². The molecular weight excluding hydrogens is 326 g/mol. The first-order chi connectivity index (χ1) is 11.4. The lowest BCUT2D eigenvalue weighted by atomic mass is 10.1. The summed E-state index contributed by atoms with van der Waals surface area (Å²) < 4.78 is 28.2. The van der Waals surface area contributed by atoms with E-state index in [9.17, 15) is 8.42 Å². The van der Waals surface area contributed by atoms with Crippen molar-refractivity contribution in [1.82, 2.24) is 10.2 Å². The van der Waals surface area contributed by atoms with E-state index in [0.717, 1.165) is 44.2 Å². The summed E-state index contributed by atoms with van der Waals surface area (Å²) in [6, 6.07) is 6.91. The van der Waals surface area contributed by atoms with Gasteiger partial charge in [0.2, 0.25) is 0 Å². The fourth-order valence-electron chi connectivity index (χ4n) is 2.83. The molecule has 24 heavy (non-hydrogen) atoms. The number of guanidine groups is 1. The van der Waals surface area contributed by atoms with Gasteiger partial charge in [0.05, 0.1) is 18.0 Å². The van der Waals surface area contributed by atoms with Crippen LogP contribution in [-0.4, -0.2) is 58.9 Å². The zero-order chi connectivity index (χ0) is 17.6. The smallest absolute Gasteiger partial charge is 0.194 e. The van der Waals surface area contributed by atoms with Gasteiger partial charge in [-0.15, -0.1) is 0 Å². The van der Waals surface area contributed by atoms with Crippen molar-refractivity contribution in [1.29, 1.82) is 0 Å². The lowest BCUT2D eigenvalue weighted by molar-refractivity contribution is 0.157. The van der Waals surface area contributed by atoms with E-state index in [4.69, 9.17) is 9.73 Å². The van der Waals surface area contributed by atoms with Gasteiger partial charge in [-0.05, 0) is 31.0 Å². The summed E-state index contributed by atoms with van der Waals surface area (Å²) in [5, 5.41) is 3.33. The first-order valence-electron chi connectivity index (χ1n) is 8.25. The summed E-state index contributed by atoms with van der Waals surface area (Å²) in [5.41, 5.74) is 0.991. The van der Waals surface area contributed by atoms with Crippen LogP contribution in [0.4, 0.5) is 0 Å². The van der Waals surface area contributed by atoms with Gasteiger partial charge in [0.1, 0.15) is 0 Å². The molecule has 1 heterocycles. The van der Waals surface area contributed by atoms with Crippen LogP contribution in [0.3, 0.4) is 0 Å². The van der Waals surface area contributed by atoms with Gasteiger partial charge in [0, 0.05) is 38.9 Å². The normalized spacial score (nSPS) is 18.9. The molecule has 0 aromatic heterocycles. The van der Waals surface area contributed by atoms with Crippen molar-refractivity contribution in [3.63, 3.8) is 0 Å². The minimum Gasteiger partial charge on any atom is -0.384 e. The second-order valence-electron chi connectivity index (χ2n) is 6.14. The first-order valence-corrected chi connectivity index (χ1v) is 10.1. The van der Waals surface area contributed by atoms with Crippen LogP contribution in [0.5, 0.6) is 0 Å². The van der Waals surface area contributed by atoms with E-state index < -0.39 is 9.84 Å². The highest BCUT2D eigenvalue weighted by Gasteiger charge is 2.24. The summed E-state index contributed by atoms with van der Waals surface area (Å²) in [5.74, 6) is 1.45. The van der Waals surface area contributed by atoms with Gasteiger partial charge in [0.15, 0.2) is 15.8 Å². The van der Waals surface area contributed by atoms with Crippen LogP contribution in [0.2, 0.25) is 0 Å². The molecule has 0 amide bonds. The van der Waals surface area contributed by atoms with E-state index in [1.165, 1.54) is 6.26 Å². The summed E-state index contributed by atoms with van der Waals surface area (Å²) in [6.07, 6.45) is 2.33. The van der Waals surface area contributed by atoms with Gasteiger partial charge in [0.25, 0.3) is 0 Å². The lowest BCUT2D eigenvalue weighted by Crippen LogP contribution is -2.40. The molecule has 1 saturated heterocycles. The average Bonchev–Trinajstić information content (AvgIpc) is 3.00. The van der Waals surface area contributed by atoms with Crippen LogP contribution in [0.15, 0.2) is 34.2 Å². The van der Waals surface area contributed by atoms with Crippen LogP contribution in [0.1, 0.15) is 18.9 Å². The summed E-state index contributed by atoms with van der Waals surface area (Å²) in [4.78, 5) is 7.29. The number of likely N-dealkylation sites (tertiary alicyclic amines) is 1. The van der Waals surface area contributed by atoms with Gasteiger partial charge in [-0.3, -0.25) is 0 Å². The number of aliphatic imine (C=N–C) groups is 1. The fourth-order valence-corrected chi connectivity index (χ4v) is 3.46. The van der Waals surface area contributed by atoms with Gasteiger partial charge in [-0.1, -0.05) is 12.1 Å². The number of hydrogen-bond donors (Lipinski definition) is 1. The Balaban J connectivity index is 2.03. The Morgan fingerprint density at radius 3 is 2.67 bits per heavy atom. The van der Waals surface area contributed by atoms with Crippen LogP contribution in [0, 0.1) is 5.92 Å². The van der Waals surface area contributed by atoms with E-state index in [1.807, 2.05) is 12.1 Å². The third-order valence-corrected chi connectivity index (χ3v) is 5.21. The molecular formula is C17H27N3O3S. The Morgan fingerprint density at radius 2 is 2.08 bits per heavy atom. The Morgan fingerprint density at radius 1 is 1.38 bits per heavy atom. The predicted octanol–water partition coefficient (Wildman–Crippen LogP) is 1.52. The number of nitrogens with zero attached hydrogens (tertiary/aromatic N) is 2. The molecule has 0 bridgehead atoms. The van der Waals surface area contributed by atoms with Crippen LogP contribution in [-0.2, 0) is 21.1 Å². The molecule has 6 nitrogen and oxygen atoms in total. The maximum atomic E-state index is 11.5. The molecule has 2 rings (SSSR count). The third-order valence-electron chi connectivity index (χ3n) is 4.09. The van der Waals surface area contributed by atoms with Crippen molar-refractivity contribution in [2.45, 2.75) is 24.8 Å². The number of rotatable bonds is 6. The maximum absolute atomic E-state index is 11.5. The maximum Gasteiger partial charge on any atom is 0.194 e. The molecule has 0 saturated carbocycles. The number of methoxy groups -OCH3 is 1. The average molecular weight is 353 g/mol. The van der Waals surface area contributed by atoms with E-state index >= 15 is 0 Å². The second kappa shape index (κ2) is 8.48. The fraction of sp³-hybridized carbons (Fsp3) is 0.588. The van der Waals surface area contributed by atoms with E-state index in [-0.39, 0.29) is 0 Å². The molecule has 1 unspecified atom stereocenters. The van der Waals surface area contributed by atoms with Gasteiger partial charge >= 0.3 is 0 Å². The van der Waals surface area contributed by atoms with E-state index in [1.54, 1.807) is 19.2 Å². The molecule has 1 aromatic carbocycles.